The second-order valence-corrected chi connectivity index (χ2v) is 4.26. The Morgan fingerprint density at radius 1 is 1.47 bits per heavy atom. The van der Waals surface area contributed by atoms with Crippen LogP contribution in [0.15, 0.2) is 30.6 Å². The monoisotopic (exact) mass is 263 g/mol. The van der Waals surface area contributed by atoms with Crippen molar-refractivity contribution in [3.63, 3.8) is 0 Å². The van der Waals surface area contributed by atoms with E-state index < -0.39 is 0 Å². The van der Waals surface area contributed by atoms with Gasteiger partial charge in [-0.1, -0.05) is 13.0 Å². The van der Waals surface area contributed by atoms with E-state index in [4.69, 9.17) is 4.74 Å². The third-order valence-corrected chi connectivity index (χ3v) is 2.90. The molecule has 0 aliphatic carbocycles. The van der Waals surface area contributed by atoms with Crippen molar-refractivity contribution in [3.8, 4) is 5.75 Å². The van der Waals surface area contributed by atoms with Crippen LogP contribution < -0.4 is 10.1 Å². The van der Waals surface area contributed by atoms with Crippen molar-refractivity contribution in [2.24, 2.45) is 0 Å². The molecular formula is C14H18FN3O. The summed E-state index contributed by atoms with van der Waals surface area (Å²) < 4.78 is 18.7. The molecular weight excluding hydrogens is 245 g/mol. The molecule has 0 aliphatic rings. The van der Waals surface area contributed by atoms with E-state index in [1.54, 1.807) is 18.5 Å². The summed E-state index contributed by atoms with van der Waals surface area (Å²) in [5, 5.41) is 3.35. The molecule has 1 aromatic carbocycles. The number of H-pyrrole nitrogens is 1. The van der Waals surface area contributed by atoms with E-state index in [0.29, 0.717) is 0 Å². The lowest BCUT2D eigenvalue weighted by Gasteiger charge is -2.17. The number of benzene rings is 1. The number of halogens is 1. The average molecular weight is 263 g/mol. The number of nitrogens with zero attached hydrogens (tertiary/aromatic N) is 1. The second kappa shape index (κ2) is 6.33. The molecule has 0 bridgehead atoms. The number of rotatable bonds is 6. The summed E-state index contributed by atoms with van der Waals surface area (Å²) in [7, 11) is 1.46. The molecule has 2 rings (SSSR count). The fourth-order valence-corrected chi connectivity index (χ4v) is 1.96. The Bertz CT molecular complexity index is 513. The molecule has 2 N–H and O–H groups in total. The standard InChI is InChI=1S/C14H18FN3O/c1-3-6-16-13(14-17-7-8-18-14)10-4-5-12(19-2)11(15)9-10/h4-5,7-9,13,16H,3,6H2,1-2H3,(H,17,18). The fourth-order valence-electron chi connectivity index (χ4n) is 1.96. The van der Waals surface area contributed by atoms with Crippen molar-refractivity contribution in [2.75, 3.05) is 13.7 Å². The van der Waals surface area contributed by atoms with Crippen LogP contribution in [0.5, 0.6) is 5.75 Å². The van der Waals surface area contributed by atoms with E-state index in [-0.39, 0.29) is 17.6 Å². The van der Waals surface area contributed by atoms with Gasteiger partial charge >= 0.3 is 0 Å². The Kier molecular flexibility index (Phi) is 4.52. The number of imidazole rings is 1. The summed E-state index contributed by atoms with van der Waals surface area (Å²) in [6, 6.07) is 4.82. The van der Waals surface area contributed by atoms with Gasteiger partial charge in [0.05, 0.1) is 13.2 Å². The Hall–Kier alpha value is -1.88. The molecule has 0 spiro atoms. The minimum atomic E-state index is -0.366. The highest BCUT2D eigenvalue weighted by Crippen LogP contribution is 2.24. The predicted octanol–water partition coefficient (Wildman–Crippen LogP) is 2.65. The second-order valence-electron chi connectivity index (χ2n) is 4.26. The van der Waals surface area contributed by atoms with Gasteiger partial charge in [0.15, 0.2) is 11.6 Å². The number of ether oxygens (including phenoxy) is 1. The Balaban J connectivity index is 2.30. The molecule has 0 saturated heterocycles. The third kappa shape index (κ3) is 3.12. The van der Waals surface area contributed by atoms with Crippen LogP contribution >= 0.6 is 0 Å². The number of methoxy groups -OCH3 is 1. The number of aromatic amines is 1. The van der Waals surface area contributed by atoms with E-state index in [2.05, 4.69) is 22.2 Å². The van der Waals surface area contributed by atoms with Crippen molar-refractivity contribution in [2.45, 2.75) is 19.4 Å². The fraction of sp³-hybridized carbons (Fsp3) is 0.357. The van der Waals surface area contributed by atoms with E-state index in [0.717, 1.165) is 24.4 Å². The molecule has 2 aromatic rings. The van der Waals surface area contributed by atoms with Crippen LogP contribution in [0, 0.1) is 5.82 Å². The Labute approximate surface area is 112 Å². The molecule has 4 nitrogen and oxygen atoms in total. The SMILES string of the molecule is CCCNC(c1ccc(OC)c(F)c1)c1ncc[nH]1. The van der Waals surface area contributed by atoms with Crippen molar-refractivity contribution >= 4 is 0 Å². The summed E-state index contributed by atoms with van der Waals surface area (Å²) in [4.78, 5) is 7.31. The van der Waals surface area contributed by atoms with Gasteiger partial charge < -0.3 is 15.0 Å². The molecule has 5 heteroatoms. The first-order valence-electron chi connectivity index (χ1n) is 6.32. The lowest BCUT2D eigenvalue weighted by atomic mass is 10.1. The van der Waals surface area contributed by atoms with Crippen LogP contribution in [-0.4, -0.2) is 23.6 Å². The minimum Gasteiger partial charge on any atom is -0.494 e. The van der Waals surface area contributed by atoms with Crippen LogP contribution in [0.2, 0.25) is 0 Å². The summed E-state index contributed by atoms with van der Waals surface area (Å²) in [5.74, 6) is 0.658. The maximum Gasteiger partial charge on any atom is 0.165 e. The summed E-state index contributed by atoms with van der Waals surface area (Å²) in [6.07, 6.45) is 4.45. The quantitative estimate of drug-likeness (QED) is 0.842. The first kappa shape index (κ1) is 13.5. The molecule has 0 saturated carbocycles. The molecule has 1 unspecified atom stereocenters. The van der Waals surface area contributed by atoms with Crippen LogP contribution in [-0.2, 0) is 0 Å². The van der Waals surface area contributed by atoms with E-state index >= 15 is 0 Å². The largest absolute Gasteiger partial charge is 0.494 e. The molecule has 19 heavy (non-hydrogen) atoms. The molecule has 102 valence electrons. The zero-order chi connectivity index (χ0) is 13.7. The highest BCUT2D eigenvalue weighted by Gasteiger charge is 2.17. The minimum absolute atomic E-state index is 0.143. The highest BCUT2D eigenvalue weighted by molar-refractivity contribution is 5.33. The number of hydrogen-bond donors (Lipinski definition) is 2. The van der Waals surface area contributed by atoms with Crippen LogP contribution in [0.4, 0.5) is 4.39 Å². The molecule has 0 amide bonds. The number of hydrogen-bond acceptors (Lipinski definition) is 3. The van der Waals surface area contributed by atoms with Crippen molar-refractivity contribution < 1.29 is 9.13 Å². The molecule has 1 atom stereocenters. The van der Waals surface area contributed by atoms with E-state index in [9.17, 15) is 4.39 Å². The molecule has 1 heterocycles. The van der Waals surface area contributed by atoms with Gasteiger partial charge in [-0.05, 0) is 30.7 Å². The molecule has 0 aliphatic heterocycles. The van der Waals surface area contributed by atoms with Gasteiger partial charge in [0.1, 0.15) is 5.82 Å². The van der Waals surface area contributed by atoms with Gasteiger partial charge in [-0.2, -0.15) is 0 Å². The van der Waals surface area contributed by atoms with Crippen LogP contribution in [0.25, 0.3) is 0 Å². The summed E-state index contributed by atoms with van der Waals surface area (Å²) >= 11 is 0. The maximum atomic E-state index is 13.8. The Morgan fingerprint density at radius 3 is 2.89 bits per heavy atom. The van der Waals surface area contributed by atoms with Gasteiger partial charge in [0.2, 0.25) is 0 Å². The lowest BCUT2D eigenvalue weighted by Crippen LogP contribution is -2.24. The number of nitrogens with one attached hydrogen (secondary N) is 2. The Morgan fingerprint density at radius 2 is 2.32 bits per heavy atom. The molecule has 0 fully saturated rings. The van der Waals surface area contributed by atoms with Crippen molar-refractivity contribution in [1.29, 1.82) is 0 Å². The van der Waals surface area contributed by atoms with Gasteiger partial charge in [-0.3, -0.25) is 0 Å². The van der Waals surface area contributed by atoms with Gasteiger partial charge in [0.25, 0.3) is 0 Å². The third-order valence-electron chi connectivity index (χ3n) is 2.90. The normalized spacial score (nSPS) is 12.4. The van der Waals surface area contributed by atoms with E-state index in [1.165, 1.54) is 13.2 Å². The molecule has 0 radical (unpaired) electrons. The van der Waals surface area contributed by atoms with Crippen molar-refractivity contribution in [3.05, 3.63) is 47.8 Å². The van der Waals surface area contributed by atoms with Crippen LogP contribution in [0.1, 0.15) is 30.8 Å². The maximum absolute atomic E-state index is 13.8. The summed E-state index contributed by atoms with van der Waals surface area (Å²) in [6.45, 7) is 2.92. The summed E-state index contributed by atoms with van der Waals surface area (Å²) in [5.41, 5.74) is 0.821. The van der Waals surface area contributed by atoms with Crippen molar-refractivity contribution in [1.82, 2.24) is 15.3 Å². The van der Waals surface area contributed by atoms with E-state index in [1.807, 2.05) is 6.07 Å². The molecule has 1 aromatic heterocycles. The first-order valence-corrected chi connectivity index (χ1v) is 6.32. The average Bonchev–Trinajstić information content (AvgIpc) is 2.93. The van der Waals surface area contributed by atoms with Gasteiger partial charge in [-0.25, -0.2) is 9.37 Å². The zero-order valence-electron chi connectivity index (χ0n) is 11.1. The lowest BCUT2D eigenvalue weighted by molar-refractivity contribution is 0.385. The van der Waals surface area contributed by atoms with Gasteiger partial charge in [0, 0.05) is 12.4 Å². The van der Waals surface area contributed by atoms with Crippen LogP contribution in [0.3, 0.4) is 0 Å². The highest BCUT2D eigenvalue weighted by atomic mass is 19.1. The number of aromatic nitrogens is 2. The first-order chi connectivity index (χ1) is 9.26. The van der Waals surface area contributed by atoms with Gasteiger partial charge in [-0.15, -0.1) is 0 Å². The zero-order valence-corrected chi connectivity index (χ0v) is 11.1. The smallest absolute Gasteiger partial charge is 0.165 e. The topological polar surface area (TPSA) is 49.9 Å². The predicted molar refractivity (Wildman–Crippen MR) is 71.7 cm³/mol.